The largest absolute Gasteiger partial charge is 0.493 e. The lowest BCUT2D eigenvalue weighted by Gasteiger charge is -2.28. The van der Waals surface area contributed by atoms with Gasteiger partial charge in [0.25, 0.3) is 0 Å². The third-order valence-electron chi connectivity index (χ3n) is 6.61. The van der Waals surface area contributed by atoms with E-state index in [1.54, 1.807) is 11.3 Å². The van der Waals surface area contributed by atoms with E-state index in [0.717, 1.165) is 49.5 Å². The smallest absolute Gasteiger partial charge is 0.307 e. The minimum absolute atomic E-state index is 0.0411. The van der Waals surface area contributed by atoms with Crippen molar-refractivity contribution in [1.82, 2.24) is 10.3 Å². The Morgan fingerprint density at radius 2 is 1.76 bits per heavy atom. The Morgan fingerprint density at radius 1 is 1.08 bits per heavy atom. The Hall–Kier alpha value is -2.97. The molecule has 204 valence electrons. The number of benzene rings is 2. The first-order valence-corrected chi connectivity index (χ1v) is 14.0. The fraction of sp³-hybridized carbons (Fsp3) is 0.500. The molecule has 1 aliphatic carbocycles. The summed E-state index contributed by atoms with van der Waals surface area (Å²) in [6, 6.07) is 14.0. The highest BCUT2D eigenvalue weighted by molar-refractivity contribution is 7.18. The number of fused-ring (bicyclic) bond motifs is 2. The summed E-state index contributed by atoms with van der Waals surface area (Å²) in [6.45, 7) is 7.55. The number of carbonyl (C=O) groups is 2. The number of nitrogens with zero attached hydrogens (tertiary/aromatic N) is 2. The van der Waals surface area contributed by atoms with Crippen LogP contribution in [-0.4, -0.2) is 61.2 Å². The number of rotatable bonds is 10. The molecule has 0 unspecified atom stereocenters. The zero-order chi connectivity index (χ0) is 27.6. The highest BCUT2D eigenvalue weighted by Crippen LogP contribution is 2.41. The molecule has 1 aromatic heterocycles. The third kappa shape index (κ3) is 7.32. The average Bonchev–Trinajstić information content (AvgIpc) is 3.39. The summed E-state index contributed by atoms with van der Waals surface area (Å²) in [5, 5.41) is 3.90. The van der Waals surface area contributed by atoms with Gasteiger partial charge >= 0.3 is 5.97 Å². The van der Waals surface area contributed by atoms with E-state index < -0.39 is 11.0 Å². The predicted molar refractivity (Wildman–Crippen MR) is 151 cm³/mol. The maximum Gasteiger partial charge on any atom is 0.307 e. The van der Waals surface area contributed by atoms with Crippen molar-refractivity contribution in [2.24, 2.45) is 5.41 Å². The van der Waals surface area contributed by atoms with E-state index in [1.807, 2.05) is 63.2 Å². The van der Waals surface area contributed by atoms with Gasteiger partial charge in [-0.2, -0.15) is 0 Å². The maximum absolute atomic E-state index is 13.6. The maximum atomic E-state index is 13.6. The van der Waals surface area contributed by atoms with Crippen LogP contribution in [0.25, 0.3) is 10.2 Å². The molecule has 2 aromatic carbocycles. The van der Waals surface area contributed by atoms with Crippen molar-refractivity contribution in [1.29, 1.82) is 0 Å². The molecule has 7 nitrogen and oxygen atoms in total. The second-order valence-electron chi connectivity index (χ2n) is 12.3. The van der Waals surface area contributed by atoms with Crippen LogP contribution in [0.4, 0.5) is 0 Å². The third-order valence-corrected chi connectivity index (χ3v) is 7.64. The average molecular weight is 539 g/mol. The number of esters is 1. The Balaban J connectivity index is 1.42. The summed E-state index contributed by atoms with van der Waals surface area (Å²) in [5.41, 5.74) is 1.62. The van der Waals surface area contributed by atoms with Crippen LogP contribution in [0, 0.1) is 5.41 Å². The number of thiazole rings is 1. The monoisotopic (exact) mass is 538 g/mol. The molecule has 3 aromatic rings. The number of hydrogen-bond donors (Lipinski definition) is 1. The SMILES string of the molecule is CC(C)(C)OC(=O)CC1(C(=O)NCc2nc3cc(OCCC[N+](C)(C)C)ccc3s2)Cc2ccccc2C1. The minimum atomic E-state index is -0.866. The summed E-state index contributed by atoms with van der Waals surface area (Å²) in [5.74, 6) is 0.314. The van der Waals surface area contributed by atoms with Crippen molar-refractivity contribution in [3.8, 4) is 5.75 Å². The second-order valence-corrected chi connectivity index (χ2v) is 13.4. The van der Waals surface area contributed by atoms with Gasteiger partial charge in [0.1, 0.15) is 16.4 Å². The van der Waals surface area contributed by atoms with Gasteiger partial charge in [-0.15, -0.1) is 11.3 Å². The molecular weight excluding hydrogens is 498 g/mol. The van der Waals surface area contributed by atoms with Crippen molar-refractivity contribution < 1.29 is 23.5 Å². The molecule has 1 aliphatic rings. The number of carbonyl (C=O) groups excluding carboxylic acids is 2. The predicted octanol–water partition coefficient (Wildman–Crippen LogP) is 4.90. The molecule has 4 rings (SSSR count). The summed E-state index contributed by atoms with van der Waals surface area (Å²) >= 11 is 1.55. The van der Waals surface area contributed by atoms with Gasteiger partial charge in [-0.3, -0.25) is 9.59 Å². The molecule has 8 heteroatoms. The summed E-state index contributed by atoms with van der Waals surface area (Å²) in [4.78, 5) is 31.2. The number of ether oxygens (including phenoxy) is 2. The number of hydrogen-bond acceptors (Lipinski definition) is 6. The number of quaternary nitrogens is 1. The van der Waals surface area contributed by atoms with Gasteiger partial charge in [0.2, 0.25) is 5.91 Å². The zero-order valence-corrected chi connectivity index (χ0v) is 24.2. The molecule has 0 radical (unpaired) electrons. The molecule has 0 bridgehead atoms. The Bertz CT molecular complexity index is 1280. The van der Waals surface area contributed by atoms with Crippen LogP contribution in [0.1, 0.15) is 49.7 Å². The van der Waals surface area contributed by atoms with Gasteiger partial charge in [0.15, 0.2) is 0 Å². The van der Waals surface area contributed by atoms with Crippen molar-refractivity contribution in [3.05, 3.63) is 58.6 Å². The van der Waals surface area contributed by atoms with Gasteiger partial charge in [0, 0.05) is 12.5 Å². The fourth-order valence-corrected chi connectivity index (χ4v) is 5.79. The summed E-state index contributed by atoms with van der Waals surface area (Å²) < 4.78 is 13.5. The van der Waals surface area contributed by atoms with Crippen LogP contribution in [0.2, 0.25) is 0 Å². The van der Waals surface area contributed by atoms with Gasteiger partial charge in [0.05, 0.1) is 62.9 Å². The topological polar surface area (TPSA) is 77.5 Å². The Kier molecular flexibility index (Phi) is 8.14. The highest BCUT2D eigenvalue weighted by atomic mass is 32.1. The van der Waals surface area contributed by atoms with Crippen LogP contribution in [-0.2, 0) is 33.7 Å². The normalized spacial score (nSPS) is 14.8. The van der Waals surface area contributed by atoms with Crippen LogP contribution in [0.3, 0.4) is 0 Å². The van der Waals surface area contributed by atoms with Gasteiger partial charge < -0.3 is 19.3 Å². The summed E-state index contributed by atoms with van der Waals surface area (Å²) in [7, 11) is 6.52. The first-order valence-electron chi connectivity index (χ1n) is 13.2. The van der Waals surface area contributed by atoms with E-state index in [4.69, 9.17) is 14.5 Å². The van der Waals surface area contributed by atoms with Crippen molar-refractivity contribution in [2.75, 3.05) is 34.3 Å². The van der Waals surface area contributed by atoms with E-state index in [9.17, 15) is 9.59 Å². The minimum Gasteiger partial charge on any atom is -0.493 e. The lowest BCUT2D eigenvalue weighted by Crippen LogP contribution is -2.44. The van der Waals surface area contributed by atoms with Crippen LogP contribution >= 0.6 is 11.3 Å². The second kappa shape index (κ2) is 11.0. The molecule has 0 saturated heterocycles. The lowest BCUT2D eigenvalue weighted by atomic mass is 9.80. The highest BCUT2D eigenvalue weighted by Gasteiger charge is 2.46. The molecule has 1 amide bonds. The van der Waals surface area contributed by atoms with Gasteiger partial charge in [-0.05, 0) is 56.9 Å². The molecule has 38 heavy (non-hydrogen) atoms. The molecule has 0 saturated carbocycles. The molecule has 0 spiro atoms. The molecule has 1 N–H and O–H groups in total. The Morgan fingerprint density at radius 3 is 2.39 bits per heavy atom. The first kappa shape index (κ1) is 28.0. The van der Waals surface area contributed by atoms with E-state index in [0.29, 0.717) is 26.0 Å². The van der Waals surface area contributed by atoms with E-state index in [-0.39, 0.29) is 18.3 Å². The first-order chi connectivity index (χ1) is 17.8. The van der Waals surface area contributed by atoms with Gasteiger partial charge in [-0.25, -0.2) is 4.98 Å². The van der Waals surface area contributed by atoms with Crippen molar-refractivity contribution >= 4 is 33.4 Å². The standard InChI is InChI=1S/C30H39N3O4S/c1-29(2,3)37-27(34)19-30(17-21-10-7-8-11-22(21)18-30)28(35)31-20-26-32-24-16-23(12-13-25(24)38-26)36-15-9-14-33(4,5)6/h7-8,10-13,16H,9,14-15,17-20H2,1-6H3/p+1. The van der Waals surface area contributed by atoms with Crippen molar-refractivity contribution in [3.63, 3.8) is 0 Å². The van der Waals surface area contributed by atoms with Gasteiger partial charge in [-0.1, -0.05) is 24.3 Å². The number of nitrogens with one attached hydrogen (secondary N) is 1. The number of aromatic nitrogens is 1. The Labute approximate surface area is 229 Å². The van der Waals surface area contributed by atoms with E-state index >= 15 is 0 Å². The fourth-order valence-electron chi connectivity index (χ4n) is 4.91. The summed E-state index contributed by atoms with van der Waals surface area (Å²) in [6.07, 6.45) is 2.05. The lowest BCUT2D eigenvalue weighted by molar-refractivity contribution is -0.870. The van der Waals surface area contributed by atoms with Crippen LogP contribution in [0.15, 0.2) is 42.5 Å². The molecule has 0 atom stereocenters. The van der Waals surface area contributed by atoms with E-state index in [2.05, 4.69) is 26.5 Å². The molecule has 0 fully saturated rings. The van der Waals surface area contributed by atoms with Crippen molar-refractivity contribution in [2.45, 2.75) is 58.6 Å². The molecule has 0 aliphatic heterocycles. The molecular formula is C30H40N3O4S+. The zero-order valence-electron chi connectivity index (χ0n) is 23.4. The van der Waals surface area contributed by atoms with Crippen LogP contribution in [0.5, 0.6) is 5.75 Å². The van der Waals surface area contributed by atoms with Crippen LogP contribution < -0.4 is 10.1 Å². The molecule has 1 heterocycles. The van der Waals surface area contributed by atoms with E-state index in [1.165, 1.54) is 0 Å². The quantitative estimate of drug-likeness (QED) is 0.226. The number of amides is 1.